The van der Waals surface area contributed by atoms with Gasteiger partial charge in [0, 0.05) is 0 Å². The Morgan fingerprint density at radius 1 is 1.23 bits per heavy atom. The van der Waals surface area contributed by atoms with E-state index >= 15 is 0 Å². The zero-order chi connectivity index (χ0) is 16.3. The fraction of sp³-hybridized carbons (Fsp3) is 0.375. The standard InChI is InChI=1S/C16H20N2O4/c1-9(12-6-7-13(20-4)14(8-12)21-5)17-16(19)15-10(2)18-22-11(15)3/h6-9H,1-5H3,(H,17,19). The van der Waals surface area contributed by atoms with E-state index in [1.54, 1.807) is 28.1 Å². The molecule has 1 heterocycles. The summed E-state index contributed by atoms with van der Waals surface area (Å²) in [5.74, 6) is 1.57. The third-order valence-electron chi connectivity index (χ3n) is 3.52. The summed E-state index contributed by atoms with van der Waals surface area (Å²) < 4.78 is 15.5. The number of carbonyl (C=O) groups excluding carboxylic acids is 1. The number of aryl methyl sites for hydroxylation is 2. The second kappa shape index (κ2) is 6.51. The Morgan fingerprint density at radius 3 is 2.45 bits per heavy atom. The highest BCUT2D eigenvalue weighted by molar-refractivity contribution is 5.96. The minimum absolute atomic E-state index is 0.194. The quantitative estimate of drug-likeness (QED) is 0.919. The number of nitrogens with zero attached hydrogens (tertiary/aromatic N) is 1. The lowest BCUT2D eigenvalue weighted by Crippen LogP contribution is -2.27. The zero-order valence-electron chi connectivity index (χ0n) is 13.4. The van der Waals surface area contributed by atoms with E-state index in [1.807, 2.05) is 25.1 Å². The van der Waals surface area contributed by atoms with E-state index in [4.69, 9.17) is 14.0 Å². The molecular formula is C16H20N2O4. The van der Waals surface area contributed by atoms with Gasteiger partial charge in [0.05, 0.1) is 26.0 Å². The summed E-state index contributed by atoms with van der Waals surface area (Å²) in [5, 5.41) is 6.73. The molecule has 1 N–H and O–H groups in total. The predicted molar refractivity (Wildman–Crippen MR) is 81.4 cm³/mol. The minimum atomic E-state index is -0.210. The van der Waals surface area contributed by atoms with Crippen LogP contribution >= 0.6 is 0 Å². The lowest BCUT2D eigenvalue weighted by atomic mass is 10.1. The smallest absolute Gasteiger partial charge is 0.257 e. The predicted octanol–water partition coefficient (Wildman–Crippen LogP) is 2.80. The van der Waals surface area contributed by atoms with Crippen molar-refractivity contribution in [2.45, 2.75) is 26.8 Å². The molecule has 6 heteroatoms. The number of rotatable bonds is 5. The highest BCUT2D eigenvalue weighted by atomic mass is 16.5. The lowest BCUT2D eigenvalue weighted by Gasteiger charge is -2.16. The van der Waals surface area contributed by atoms with Crippen LogP contribution in [0.1, 0.15) is 40.3 Å². The van der Waals surface area contributed by atoms with E-state index in [2.05, 4.69) is 10.5 Å². The largest absolute Gasteiger partial charge is 0.493 e. The molecule has 22 heavy (non-hydrogen) atoms. The second-order valence-corrected chi connectivity index (χ2v) is 5.01. The summed E-state index contributed by atoms with van der Waals surface area (Å²) >= 11 is 0. The second-order valence-electron chi connectivity index (χ2n) is 5.01. The number of nitrogens with one attached hydrogen (secondary N) is 1. The Morgan fingerprint density at radius 2 is 1.91 bits per heavy atom. The van der Waals surface area contributed by atoms with Crippen LogP contribution in [0.2, 0.25) is 0 Å². The van der Waals surface area contributed by atoms with E-state index in [1.165, 1.54) is 0 Å². The first kappa shape index (κ1) is 15.9. The van der Waals surface area contributed by atoms with Crippen molar-refractivity contribution in [1.82, 2.24) is 10.5 Å². The normalized spacial score (nSPS) is 11.9. The lowest BCUT2D eigenvalue weighted by molar-refractivity contribution is 0.0938. The number of aromatic nitrogens is 1. The van der Waals surface area contributed by atoms with Crippen molar-refractivity contribution in [3.8, 4) is 11.5 Å². The number of ether oxygens (including phenoxy) is 2. The first-order chi connectivity index (χ1) is 10.5. The SMILES string of the molecule is COc1ccc(C(C)NC(=O)c2c(C)noc2C)cc1OC. The summed E-state index contributed by atoms with van der Waals surface area (Å²) in [7, 11) is 3.16. The van der Waals surface area contributed by atoms with Gasteiger partial charge < -0.3 is 19.3 Å². The molecule has 6 nitrogen and oxygen atoms in total. The fourth-order valence-electron chi connectivity index (χ4n) is 2.28. The average Bonchev–Trinajstić information content (AvgIpc) is 2.85. The molecular weight excluding hydrogens is 284 g/mol. The van der Waals surface area contributed by atoms with Gasteiger partial charge in [0.25, 0.3) is 5.91 Å². The molecule has 1 aromatic heterocycles. The van der Waals surface area contributed by atoms with Gasteiger partial charge in [-0.1, -0.05) is 11.2 Å². The van der Waals surface area contributed by atoms with Crippen LogP contribution in [0.5, 0.6) is 11.5 Å². The first-order valence-corrected chi connectivity index (χ1v) is 6.93. The van der Waals surface area contributed by atoms with Crippen molar-refractivity contribution < 1.29 is 18.8 Å². The van der Waals surface area contributed by atoms with Crippen LogP contribution in [0.4, 0.5) is 0 Å². The Labute approximate surface area is 129 Å². The summed E-state index contributed by atoms with van der Waals surface area (Å²) in [5.41, 5.74) is 1.97. The van der Waals surface area contributed by atoms with Gasteiger partial charge in [-0.3, -0.25) is 4.79 Å². The Balaban J connectivity index is 2.19. The van der Waals surface area contributed by atoms with Crippen LogP contribution < -0.4 is 14.8 Å². The Kier molecular flexibility index (Phi) is 4.70. The third kappa shape index (κ3) is 3.05. The number of hydrogen-bond acceptors (Lipinski definition) is 5. The monoisotopic (exact) mass is 304 g/mol. The third-order valence-corrected chi connectivity index (χ3v) is 3.52. The van der Waals surface area contributed by atoms with E-state index < -0.39 is 0 Å². The van der Waals surface area contributed by atoms with Gasteiger partial charge in [-0.05, 0) is 38.5 Å². The van der Waals surface area contributed by atoms with Crippen molar-refractivity contribution in [2.75, 3.05) is 14.2 Å². The molecule has 2 aromatic rings. The van der Waals surface area contributed by atoms with Crippen LogP contribution in [-0.4, -0.2) is 25.3 Å². The van der Waals surface area contributed by atoms with Crippen molar-refractivity contribution in [2.24, 2.45) is 0 Å². The highest BCUT2D eigenvalue weighted by Crippen LogP contribution is 2.30. The van der Waals surface area contributed by atoms with Gasteiger partial charge in [-0.15, -0.1) is 0 Å². The molecule has 0 bridgehead atoms. The minimum Gasteiger partial charge on any atom is -0.493 e. The van der Waals surface area contributed by atoms with Crippen LogP contribution in [-0.2, 0) is 0 Å². The highest BCUT2D eigenvalue weighted by Gasteiger charge is 2.20. The van der Waals surface area contributed by atoms with E-state index in [0.29, 0.717) is 28.5 Å². The maximum atomic E-state index is 12.3. The van der Waals surface area contributed by atoms with E-state index in [0.717, 1.165) is 5.56 Å². The summed E-state index contributed by atoms with van der Waals surface area (Å²) in [6.07, 6.45) is 0. The van der Waals surface area contributed by atoms with Gasteiger partial charge in [0.15, 0.2) is 11.5 Å². The number of benzene rings is 1. The molecule has 118 valence electrons. The van der Waals surface area contributed by atoms with Crippen molar-refractivity contribution >= 4 is 5.91 Å². The van der Waals surface area contributed by atoms with Crippen LogP contribution in [0.3, 0.4) is 0 Å². The fourth-order valence-corrected chi connectivity index (χ4v) is 2.28. The average molecular weight is 304 g/mol. The maximum absolute atomic E-state index is 12.3. The number of methoxy groups -OCH3 is 2. The maximum Gasteiger partial charge on any atom is 0.257 e. The summed E-state index contributed by atoms with van der Waals surface area (Å²) in [6, 6.07) is 5.35. The summed E-state index contributed by atoms with van der Waals surface area (Å²) in [6.45, 7) is 5.36. The van der Waals surface area contributed by atoms with Crippen molar-refractivity contribution in [1.29, 1.82) is 0 Å². The van der Waals surface area contributed by atoms with Crippen molar-refractivity contribution in [3.63, 3.8) is 0 Å². The zero-order valence-corrected chi connectivity index (χ0v) is 13.4. The molecule has 0 spiro atoms. The Hall–Kier alpha value is -2.50. The van der Waals surface area contributed by atoms with Gasteiger partial charge in [0.2, 0.25) is 0 Å². The van der Waals surface area contributed by atoms with Gasteiger partial charge in [-0.2, -0.15) is 0 Å². The van der Waals surface area contributed by atoms with Crippen LogP contribution in [0, 0.1) is 13.8 Å². The molecule has 0 radical (unpaired) electrons. The molecule has 0 aliphatic heterocycles. The summed E-state index contributed by atoms with van der Waals surface area (Å²) in [4.78, 5) is 12.3. The Bertz CT molecular complexity index is 659. The number of amides is 1. The number of hydrogen-bond donors (Lipinski definition) is 1. The molecule has 0 aliphatic carbocycles. The molecule has 2 rings (SSSR count). The van der Waals surface area contributed by atoms with Crippen LogP contribution in [0.15, 0.2) is 22.7 Å². The van der Waals surface area contributed by atoms with Gasteiger partial charge in [-0.25, -0.2) is 0 Å². The molecule has 0 aliphatic rings. The molecule has 1 aromatic carbocycles. The molecule has 0 saturated carbocycles. The molecule has 0 fully saturated rings. The van der Waals surface area contributed by atoms with Crippen molar-refractivity contribution in [3.05, 3.63) is 40.8 Å². The van der Waals surface area contributed by atoms with Gasteiger partial charge in [0.1, 0.15) is 11.3 Å². The molecule has 1 amide bonds. The van der Waals surface area contributed by atoms with Crippen LogP contribution in [0.25, 0.3) is 0 Å². The van der Waals surface area contributed by atoms with E-state index in [9.17, 15) is 4.79 Å². The van der Waals surface area contributed by atoms with Gasteiger partial charge >= 0.3 is 0 Å². The molecule has 1 atom stereocenters. The van der Waals surface area contributed by atoms with E-state index in [-0.39, 0.29) is 11.9 Å². The topological polar surface area (TPSA) is 73.6 Å². The molecule has 1 unspecified atom stereocenters. The number of carbonyl (C=O) groups is 1. The molecule has 0 saturated heterocycles. The first-order valence-electron chi connectivity index (χ1n) is 6.93.